The van der Waals surface area contributed by atoms with E-state index in [1.54, 1.807) is 4.90 Å². The van der Waals surface area contributed by atoms with Crippen LogP contribution in [-0.2, 0) is 16.1 Å². The predicted molar refractivity (Wildman–Crippen MR) is 127 cm³/mol. The van der Waals surface area contributed by atoms with Crippen molar-refractivity contribution in [3.05, 3.63) is 59.4 Å². The fourth-order valence-electron chi connectivity index (χ4n) is 4.57. The minimum Gasteiger partial charge on any atom is -0.443 e. The van der Waals surface area contributed by atoms with E-state index in [2.05, 4.69) is 15.5 Å². The Kier molecular flexibility index (Phi) is 6.59. The predicted octanol–water partition coefficient (Wildman–Crippen LogP) is 4.38. The number of rotatable bonds is 6. The second-order valence-corrected chi connectivity index (χ2v) is 10.0. The van der Waals surface area contributed by atoms with E-state index in [1.807, 2.05) is 65.0 Å². The van der Waals surface area contributed by atoms with Crippen molar-refractivity contribution in [2.24, 2.45) is 5.41 Å². The molecule has 8 nitrogen and oxygen atoms in total. The topological polar surface area (TPSA) is 101 Å². The lowest BCUT2D eigenvalue weighted by atomic mass is 9.78. The zero-order valence-corrected chi connectivity index (χ0v) is 20.4. The highest BCUT2D eigenvalue weighted by Gasteiger charge is 2.43. The molecule has 34 heavy (non-hydrogen) atoms. The molecule has 1 saturated heterocycles. The molecule has 1 fully saturated rings. The summed E-state index contributed by atoms with van der Waals surface area (Å²) in [4.78, 5) is 32.5. The molecule has 2 amide bonds. The molecule has 2 aromatic heterocycles. The van der Waals surface area contributed by atoms with Crippen LogP contribution in [0.1, 0.15) is 62.2 Å². The van der Waals surface area contributed by atoms with Gasteiger partial charge < -0.3 is 19.2 Å². The number of aromatic nitrogens is 2. The Balaban J connectivity index is 1.43. The lowest BCUT2D eigenvalue weighted by Gasteiger charge is -2.33. The Hall–Kier alpha value is -3.42. The normalized spacial score (nSPS) is 17.1. The summed E-state index contributed by atoms with van der Waals surface area (Å²) in [7, 11) is 0. The number of aryl methyl sites for hydroxylation is 2. The van der Waals surface area contributed by atoms with Crippen LogP contribution < -0.4 is 5.32 Å². The smallest absolute Gasteiger partial charge is 0.243 e. The number of likely N-dealkylation sites (tertiary alicyclic amines) is 1. The van der Waals surface area contributed by atoms with Crippen LogP contribution in [0, 0.1) is 19.3 Å². The van der Waals surface area contributed by atoms with Crippen molar-refractivity contribution >= 4 is 11.8 Å². The van der Waals surface area contributed by atoms with Crippen LogP contribution in [-0.4, -0.2) is 39.4 Å². The van der Waals surface area contributed by atoms with Crippen LogP contribution in [0.2, 0.25) is 0 Å². The van der Waals surface area contributed by atoms with Gasteiger partial charge in [-0.05, 0) is 37.7 Å². The summed E-state index contributed by atoms with van der Waals surface area (Å²) in [5.74, 6) is 0.555. The highest BCUT2D eigenvalue weighted by Crippen LogP contribution is 2.38. The molecule has 1 aliphatic rings. The van der Waals surface area contributed by atoms with E-state index in [1.165, 1.54) is 6.39 Å². The van der Waals surface area contributed by atoms with Gasteiger partial charge in [-0.1, -0.05) is 50.2 Å². The summed E-state index contributed by atoms with van der Waals surface area (Å²) >= 11 is 0. The average molecular weight is 465 g/mol. The molecule has 4 rings (SSSR count). The van der Waals surface area contributed by atoms with Gasteiger partial charge in [-0.3, -0.25) is 9.59 Å². The third kappa shape index (κ3) is 4.90. The van der Waals surface area contributed by atoms with Crippen LogP contribution in [0.4, 0.5) is 0 Å². The van der Waals surface area contributed by atoms with Gasteiger partial charge in [-0.25, -0.2) is 4.98 Å². The second kappa shape index (κ2) is 9.44. The molecule has 0 aliphatic carbocycles. The highest BCUT2D eigenvalue weighted by molar-refractivity contribution is 5.91. The Bertz CT molecular complexity index is 1160. The van der Waals surface area contributed by atoms with Gasteiger partial charge in [-0.15, -0.1) is 0 Å². The fourth-order valence-corrected chi connectivity index (χ4v) is 4.57. The number of nitrogens with zero attached hydrogens (tertiary/aromatic N) is 3. The van der Waals surface area contributed by atoms with E-state index >= 15 is 0 Å². The van der Waals surface area contributed by atoms with E-state index in [9.17, 15) is 9.59 Å². The van der Waals surface area contributed by atoms with Gasteiger partial charge in [0.2, 0.25) is 11.8 Å². The Labute approximate surface area is 199 Å². The number of benzene rings is 1. The summed E-state index contributed by atoms with van der Waals surface area (Å²) in [6.45, 7) is 10.7. The van der Waals surface area contributed by atoms with Gasteiger partial charge in [0.25, 0.3) is 0 Å². The van der Waals surface area contributed by atoms with Crippen molar-refractivity contribution < 1.29 is 18.5 Å². The fraction of sp³-hybridized carbons (Fsp3) is 0.462. The van der Waals surface area contributed by atoms with Crippen LogP contribution in [0.15, 0.2) is 45.7 Å². The van der Waals surface area contributed by atoms with Gasteiger partial charge in [0.1, 0.15) is 17.7 Å². The first-order chi connectivity index (χ1) is 16.1. The number of nitrogens with one attached hydrogen (secondary N) is 1. The molecule has 1 N–H and O–H groups in total. The molecule has 0 saturated carbocycles. The van der Waals surface area contributed by atoms with Gasteiger partial charge in [-0.2, -0.15) is 0 Å². The number of carbonyl (C=O) groups excluding carboxylic acids is 2. The van der Waals surface area contributed by atoms with Crippen molar-refractivity contribution in [3.63, 3.8) is 0 Å². The van der Waals surface area contributed by atoms with Crippen molar-refractivity contribution in [1.82, 2.24) is 20.4 Å². The van der Waals surface area contributed by atoms with Crippen molar-refractivity contribution in [2.45, 2.75) is 66.0 Å². The van der Waals surface area contributed by atoms with E-state index in [0.29, 0.717) is 25.3 Å². The van der Waals surface area contributed by atoms with E-state index in [-0.39, 0.29) is 17.2 Å². The molecular formula is C26H32N4O4. The first-order valence-electron chi connectivity index (χ1n) is 11.7. The molecule has 180 valence electrons. The number of amides is 2. The van der Waals surface area contributed by atoms with E-state index in [4.69, 9.17) is 8.94 Å². The summed E-state index contributed by atoms with van der Waals surface area (Å²) in [6.07, 6.45) is 2.87. The average Bonchev–Trinajstić information content (AvgIpc) is 3.53. The summed E-state index contributed by atoms with van der Waals surface area (Å²) < 4.78 is 10.9. The first-order valence-corrected chi connectivity index (χ1v) is 11.7. The lowest BCUT2D eigenvalue weighted by molar-refractivity contribution is -0.142. The Morgan fingerprint density at radius 2 is 1.94 bits per heavy atom. The number of hydrogen-bond donors (Lipinski definition) is 1. The maximum atomic E-state index is 13.6. The highest BCUT2D eigenvalue weighted by atomic mass is 16.5. The SMILES string of the molecule is Cc1cc([C@H](C(=O)N2CCC[C@H]2C(=O)NCc2ccc(-c3ocnc3C)cc2)C(C)(C)C)on1. The molecule has 0 bridgehead atoms. The lowest BCUT2D eigenvalue weighted by Crippen LogP contribution is -2.48. The first kappa shape index (κ1) is 23.7. The molecule has 1 aromatic carbocycles. The van der Waals surface area contributed by atoms with Gasteiger partial charge in [0.05, 0.1) is 11.4 Å². The maximum Gasteiger partial charge on any atom is 0.243 e. The number of hydrogen-bond acceptors (Lipinski definition) is 6. The Morgan fingerprint density at radius 1 is 1.21 bits per heavy atom. The van der Waals surface area contributed by atoms with Crippen LogP contribution >= 0.6 is 0 Å². The molecule has 0 radical (unpaired) electrons. The molecule has 3 heterocycles. The zero-order chi connectivity index (χ0) is 24.5. The minimum absolute atomic E-state index is 0.0897. The second-order valence-electron chi connectivity index (χ2n) is 10.0. The third-order valence-electron chi connectivity index (χ3n) is 6.31. The standard InChI is InChI=1S/C26H32N4O4/c1-16-13-21(34-29-16)22(26(3,4)5)25(32)30-12-6-7-20(30)24(31)27-14-18-8-10-19(11-9-18)23-17(2)28-15-33-23/h8-11,13,15,20,22H,6-7,12,14H2,1-5H3,(H,27,31)/t20-,22+/m0/s1. The zero-order valence-electron chi connectivity index (χ0n) is 20.4. The van der Waals surface area contributed by atoms with Gasteiger partial charge in [0, 0.05) is 24.7 Å². The van der Waals surface area contributed by atoms with Gasteiger partial charge >= 0.3 is 0 Å². The van der Waals surface area contributed by atoms with Crippen LogP contribution in [0.25, 0.3) is 11.3 Å². The third-order valence-corrected chi connectivity index (χ3v) is 6.31. The van der Waals surface area contributed by atoms with Crippen LogP contribution in [0.5, 0.6) is 0 Å². The molecular weight excluding hydrogens is 432 g/mol. The summed E-state index contributed by atoms with van der Waals surface area (Å²) in [5.41, 5.74) is 3.10. The Morgan fingerprint density at radius 3 is 2.53 bits per heavy atom. The molecule has 0 unspecified atom stereocenters. The molecule has 3 aromatic rings. The van der Waals surface area contributed by atoms with Gasteiger partial charge in [0.15, 0.2) is 12.2 Å². The number of carbonyl (C=O) groups is 2. The molecule has 1 aliphatic heterocycles. The monoisotopic (exact) mass is 464 g/mol. The van der Waals surface area contributed by atoms with Crippen LogP contribution in [0.3, 0.4) is 0 Å². The van der Waals surface area contributed by atoms with E-state index < -0.39 is 12.0 Å². The van der Waals surface area contributed by atoms with Crippen molar-refractivity contribution in [1.29, 1.82) is 0 Å². The quantitative estimate of drug-likeness (QED) is 0.581. The minimum atomic E-state index is -0.505. The van der Waals surface area contributed by atoms with Crippen molar-refractivity contribution in [3.8, 4) is 11.3 Å². The largest absolute Gasteiger partial charge is 0.443 e. The summed E-state index contributed by atoms with van der Waals surface area (Å²) in [5, 5.41) is 6.98. The van der Waals surface area contributed by atoms with Crippen molar-refractivity contribution in [2.75, 3.05) is 6.54 Å². The van der Waals surface area contributed by atoms with E-state index in [0.717, 1.165) is 34.7 Å². The molecule has 8 heteroatoms. The number of oxazole rings is 1. The summed E-state index contributed by atoms with van der Waals surface area (Å²) in [6, 6.07) is 9.13. The molecule has 0 spiro atoms. The maximum absolute atomic E-state index is 13.6. The molecule has 2 atom stereocenters.